The molecular weight excluding hydrogens is 682 g/mol. The Hall–Kier alpha value is -2.90. The number of halogens is 4. The lowest BCUT2D eigenvalue weighted by atomic mass is 10.0. The van der Waals surface area contributed by atoms with E-state index in [4.69, 9.17) is 60.6 Å². The summed E-state index contributed by atoms with van der Waals surface area (Å²) in [5, 5.41) is 6.22. The Bertz CT molecular complexity index is 1470. The summed E-state index contributed by atoms with van der Waals surface area (Å²) >= 11 is 24.9. The summed E-state index contributed by atoms with van der Waals surface area (Å²) < 4.78 is 17.9. The zero-order chi connectivity index (χ0) is 33.4. The highest BCUT2D eigenvalue weighted by molar-refractivity contribution is 6.42. The van der Waals surface area contributed by atoms with E-state index in [1.54, 1.807) is 0 Å². The van der Waals surface area contributed by atoms with E-state index >= 15 is 0 Å². The third kappa shape index (κ3) is 8.71. The Morgan fingerprint density at radius 1 is 0.761 bits per heavy atom. The summed E-state index contributed by atoms with van der Waals surface area (Å²) in [4.78, 5) is 56.0. The van der Waals surface area contributed by atoms with E-state index in [1.165, 1.54) is 50.5 Å². The van der Waals surface area contributed by atoms with Crippen molar-refractivity contribution in [2.75, 3.05) is 27.3 Å². The fourth-order valence-corrected chi connectivity index (χ4v) is 5.61. The number of rotatable bonds is 8. The van der Waals surface area contributed by atoms with Crippen LogP contribution < -0.4 is 10.6 Å². The Kier molecular flexibility index (Phi) is 13.1. The number of allylic oxidation sites excluding steroid dienone is 1. The zero-order valence-electron chi connectivity index (χ0n) is 25.1. The minimum absolute atomic E-state index is 0.131. The van der Waals surface area contributed by atoms with Gasteiger partial charge in [-0.2, -0.15) is 10.0 Å². The standard InChI is InChI=1S/C31H34Cl4N4O7/c1-36-30(42)38(28(40)26(45-20-6-4-3-5-7-20)18-8-10-22(32)24(34)16-18)39(31(43)37-2)29(41)27(46-21-12-14-44-15-13-21)19-9-11-23(33)25(35)17-19/h4,6,8-11,16-17,20-21,26-27H,3,5,7,12-15H2,1-2H3,(H,36,42)(H,37,43). The number of urea groups is 2. The van der Waals surface area contributed by atoms with Gasteiger partial charge in [0.2, 0.25) is 0 Å². The number of hydrazine groups is 1. The van der Waals surface area contributed by atoms with Gasteiger partial charge in [0, 0.05) is 27.3 Å². The molecule has 248 valence electrons. The van der Waals surface area contributed by atoms with Gasteiger partial charge < -0.3 is 24.8 Å². The van der Waals surface area contributed by atoms with Crippen LogP contribution >= 0.6 is 46.4 Å². The van der Waals surface area contributed by atoms with E-state index in [-0.39, 0.29) is 31.2 Å². The highest BCUT2D eigenvalue weighted by Crippen LogP contribution is 2.34. The molecule has 2 aromatic carbocycles. The van der Waals surface area contributed by atoms with E-state index < -0.39 is 48.3 Å². The van der Waals surface area contributed by atoms with Crippen molar-refractivity contribution in [2.45, 2.75) is 56.5 Å². The van der Waals surface area contributed by atoms with Crippen LogP contribution in [0, 0.1) is 0 Å². The maximum atomic E-state index is 14.5. The van der Waals surface area contributed by atoms with Crippen molar-refractivity contribution < 1.29 is 33.4 Å². The molecule has 6 amide bonds. The van der Waals surface area contributed by atoms with Crippen molar-refractivity contribution in [3.05, 3.63) is 79.8 Å². The molecule has 1 heterocycles. The van der Waals surface area contributed by atoms with Crippen molar-refractivity contribution in [1.29, 1.82) is 0 Å². The largest absolute Gasteiger partial charge is 0.381 e. The summed E-state index contributed by atoms with van der Waals surface area (Å²) in [5.41, 5.74) is 0.491. The van der Waals surface area contributed by atoms with Gasteiger partial charge in [0.1, 0.15) is 0 Å². The van der Waals surface area contributed by atoms with Crippen LogP contribution in [0.5, 0.6) is 0 Å². The molecule has 1 fully saturated rings. The maximum Gasteiger partial charge on any atom is 0.343 e. The number of nitrogens with zero attached hydrogens (tertiary/aromatic N) is 2. The number of imide groups is 2. The number of carbonyl (C=O) groups is 4. The zero-order valence-corrected chi connectivity index (χ0v) is 28.2. The summed E-state index contributed by atoms with van der Waals surface area (Å²) in [7, 11) is 2.51. The molecule has 1 aliphatic heterocycles. The van der Waals surface area contributed by atoms with Crippen LogP contribution in [0.25, 0.3) is 0 Å². The van der Waals surface area contributed by atoms with Gasteiger partial charge in [0.25, 0.3) is 11.8 Å². The van der Waals surface area contributed by atoms with Gasteiger partial charge in [-0.1, -0.05) is 70.7 Å². The second-order valence-electron chi connectivity index (χ2n) is 10.5. The van der Waals surface area contributed by atoms with Crippen molar-refractivity contribution in [3.63, 3.8) is 0 Å². The second kappa shape index (κ2) is 16.8. The molecule has 0 aromatic heterocycles. The average molecular weight is 716 g/mol. The predicted octanol–water partition coefficient (Wildman–Crippen LogP) is 6.65. The van der Waals surface area contributed by atoms with E-state index in [0.29, 0.717) is 42.5 Å². The first kappa shape index (κ1) is 35.9. The number of ether oxygens (including phenoxy) is 3. The van der Waals surface area contributed by atoms with Crippen LogP contribution in [-0.2, 0) is 23.8 Å². The van der Waals surface area contributed by atoms with Gasteiger partial charge in [-0.15, -0.1) is 0 Å². The summed E-state index contributed by atoms with van der Waals surface area (Å²) in [5.74, 6) is -2.10. The topological polar surface area (TPSA) is 127 Å². The number of hydrogen-bond donors (Lipinski definition) is 2. The number of hydrogen-bond acceptors (Lipinski definition) is 7. The van der Waals surface area contributed by atoms with Gasteiger partial charge in [-0.25, -0.2) is 9.59 Å². The summed E-state index contributed by atoms with van der Waals surface area (Å²) in [6.07, 6.45) is 2.99. The highest BCUT2D eigenvalue weighted by atomic mass is 35.5. The Labute approximate surface area is 287 Å². The molecule has 2 aliphatic rings. The van der Waals surface area contributed by atoms with Crippen LogP contribution in [0.15, 0.2) is 48.6 Å². The fourth-order valence-electron chi connectivity index (χ4n) is 5.00. The van der Waals surface area contributed by atoms with E-state index in [9.17, 15) is 19.2 Å². The van der Waals surface area contributed by atoms with Gasteiger partial charge in [0.05, 0.1) is 32.3 Å². The number of benzene rings is 2. The molecule has 1 saturated heterocycles. The molecule has 1 aliphatic carbocycles. The first-order valence-corrected chi connectivity index (χ1v) is 16.1. The lowest BCUT2D eigenvalue weighted by Gasteiger charge is -2.36. The quantitative estimate of drug-likeness (QED) is 0.231. The molecule has 46 heavy (non-hydrogen) atoms. The van der Waals surface area contributed by atoms with Crippen LogP contribution in [0.1, 0.15) is 55.4 Å². The van der Waals surface area contributed by atoms with E-state index in [2.05, 4.69) is 10.6 Å². The molecule has 3 unspecified atom stereocenters. The van der Waals surface area contributed by atoms with E-state index in [0.717, 1.165) is 12.8 Å². The number of amides is 6. The van der Waals surface area contributed by atoms with Crippen molar-refractivity contribution in [2.24, 2.45) is 0 Å². The third-order valence-corrected chi connectivity index (χ3v) is 8.87. The molecule has 0 saturated carbocycles. The lowest BCUT2D eigenvalue weighted by molar-refractivity contribution is -0.170. The summed E-state index contributed by atoms with van der Waals surface area (Å²) in [6.45, 7) is 0.792. The third-order valence-electron chi connectivity index (χ3n) is 7.39. The summed E-state index contributed by atoms with van der Waals surface area (Å²) in [6, 6.07) is 6.67. The highest BCUT2D eigenvalue weighted by Gasteiger charge is 2.44. The normalized spacial score (nSPS) is 17.9. The minimum atomic E-state index is -1.49. The Morgan fingerprint density at radius 3 is 1.70 bits per heavy atom. The maximum absolute atomic E-state index is 14.5. The smallest absolute Gasteiger partial charge is 0.343 e. The first-order valence-electron chi connectivity index (χ1n) is 14.6. The fraction of sp³-hybridized carbons (Fsp3) is 0.419. The van der Waals surface area contributed by atoms with Gasteiger partial charge in [0.15, 0.2) is 12.2 Å². The molecule has 3 atom stereocenters. The molecule has 4 rings (SSSR count). The lowest BCUT2D eigenvalue weighted by Crippen LogP contribution is -2.62. The van der Waals surface area contributed by atoms with Crippen molar-refractivity contribution >= 4 is 70.3 Å². The molecule has 11 nitrogen and oxygen atoms in total. The number of nitrogens with one attached hydrogen (secondary N) is 2. The predicted molar refractivity (Wildman–Crippen MR) is 174 cm³/mol. The molecular formula is C31H34Cl4N4O7. The van der Waals surface area contributed by atoms with Crippen molar-refractivity contribution in [3.8, 4) is 0 Å². The molecule has 0 bridgehead atoms. The van der Waals surface area contributed by atoms with Crippen LogP contribution in [0.3, 0.4) is 0 Å². The van der Waals surface area contributed by atoms with Gasteiger partial charge >= 0.3 is 12.1 Å². The van der Waals surface area contributed by atoms with Gasteiger partial charge in [-0.3, -0.25) is 9.59 Å². The molecule has 0 spiro atoms. The SMILES string of the molecule is CNC(=O)N(C(=O)C(OC1C=CCCC1)c1ccc(Cl)c(Cl)c1)N(C(=O)NC)C(=O)C(OC1CCOCC1)c1ccc(Cl)c(Cl)c1. The molecule has 2 N–H and O–H groups in total. The number of carbonyl (C=O) groups excluding carboxylic acids is 4. The monoisotopic (exact) mass is 714 g/mol. The molecule has 15 heteroatoms. The first-order chi connectivity index (χ1) is 22.0. The average Bonchev–Trinajstić information content (AvgIpc) is 3.07. The van der Waals surface area contributed by atoms with Crippen LogP contribution in [0.4, 0.5) is 9.59 Å². The van der Waals surface area contributed by atoms with Crippen LogP contribution in [0.2, 0.25) is 20.1 Å². The van der Waals surface area contributed by atoms with E-state index in [1.807, 2.05) is 12.2 Å². The van der Waals surface area contributed by atoms with Gasteiger partial charge in [-0.05, 0) is 67.5 Å². The minimum Gasteiger partial charge on any atom is -0.381 e. The Balaban J connectivity index is 1.81. The van der Waals surface area contributed by atoms with Crippen LogP contribution in [-0.4, -0.2) is 73.4 Å². The molecule has 0 radical (unpaired) electrons. The molecule has 2 aromatic rings. The second-order valence-corrected chi connectivity index (χ2v) is 12.1. The Morgan fingerprint density at radius 2 is 1.26 bits per heavy atom. The van der Waals surface area contributed by atoms with Crippen molar-refractivity contribution in [1.82, 2.24) is 20.7 Å².